The molecule has 146 valence electrons. The zero-order valence-corrected chi connectivity index (χ0v) is 15.7. The number of para-hydroxylation sites is 1. The molecule has 1 aliphatic rings. The molecule has 2 aromatic rings. The van der Waals surface area contributed by atoms with Gasteiger partial charge in [-0.3, -0.25) is 19.7 Å². The average molecular weight is 384 g/mol. The molecule has 0 saturated heterocycles. The van der Waals surface area contributed by atoms with Gasteiger partial charge in [-0.25, -0.2) is 0 Å². The van der Waals surface area contributed by atoms with Gasteiger partial charge in [-0.1, -0.05) is 18.2 Å². The number of hydrogen-bond acceptors (Lipinski definition) is 6. The standard InChI is InChI=1S/C20H20N2O6/c1-12(2)21-15-7-5-4-6-14(15)20(25,19(21)24)11-17(23)13-8-9-18(28-3)16(10-13)22(26)27/h4-10,12,25H,11H2,1-3H3. The number of nitrogens with zero attached hydrogens (tertiary/aromatic N) is 2. The minimum atomic E-state index is -2.02. The van der Waals surface area contributed by atoms with Crippen LogP contribution in [0.1, 0.15) is 36.2 Å². The molecule has 1 amide bonds. The molecule has 1 atom stereocenters. The highest BCUT2D eigenvalue weighted by molar-refractivity contribution is 6.11. The van der Waals surface area contributed by atoms with E-state index in [1.54, 1.807) is 24.3 Å². The maximum atomic E-state index is 13.0. The van der Waals surface area contributed by atoms with Crippen molar-refractivity contribution in [3.63, 3.8) is 0 Å². The highest BCUT2D eigenvalue weighted by Crippen LogP contribution is 2.44. The summed E-state index contributed by atoms with van der Waals surface area (Å²) < 4.78 is 4.94. The number of fused-ring (bicyclic) bond motifs is 1. The lowest BCUT2D eigenvalue weighted by Gasteiger charge is -2.25. The molecule has 3 rings (SSSR count). The number of nitro benzene ring substituents is 1. The van der Waals surface area contributed by atoms with Crippen LogP contribution in [0.4, 0.5) is 11.4 Å². The molecule has 8 heteroatoms. The van der Waals surface area contributed by atoms with E-state index in [4.69, 9.17) is 4.74 Å². The first-order valence-electron chi connectivity index (χ1n) is 8.72. The molecule has 0 saturated carbocycles. The maximum Gasteiger partial charge on any atom is 0.311 e. The summed E-state index contributed by atoms with van der Waals surface area (Å²) >= 11 is 0. The second-order valence-electron chi connectivity index (χ2n) is 6.89. The van der Waals surface area contributed by atoms with Crippen molar-refractivity contribution in [2.45, 2.75) is 31.9 Å². The molecule has 0 aromatic heterocycles. The van der Waals surface area contributed by atoms with E-state index in [9.17, 15) is 24.8 Å². The van der Waals surface area contributed by atoms with Crippen LogP contribution in [-0.4, -0.2) is 34.9 Å². The summed E-state index contributed by atoms with van der Waals surface area (Å²) in [7, 11) is 1.29. The number of carbonyl (C=O) groups excluding carboxylic acids is 2. The summed E-state index contributed by atoms with van der Waals surface area (Å²) in [5.74, 6) is -1.14. The largest absolute Gasteiger partial charge is 0.490 e. The second kappa shape index (κ2) is 7.05. The Morgan fingerprint density at radius 2 is 1.96 bits per heavy atom. The number of ether oxygens (including phenoxy) is 1. The third-order valence-corrected chi connectivity index (χ3v) is 4.81. The zero-order chi connectivity index (χ0) is 20.6. The Hall–Kier alpha value is -3.26. The van der Waals surface area contributed by atoms with Crippen LogP contribution in [0.15, 0.2) is 42.5 Å². The number of ketones is 1. The van der Waals surface area contributed by atoms with E-state index in [2.05, 4.69) is 0 Å². The molecule has 1 unspecified atom stereocenters. The Balaban J connectivity index is 1.99. The quantitative estimate of drug-likeness (QED) is 0.466. The van der Waals surface area contributed by atoms with Gasteiger partial charge in [0.15, 0.2) is 17.1 Å². The Morgan fingerprint density at radius 1 is 1.29 bits per heavy atom. The minimum Gasteiger partial charge on any atom is -0.490 e. The molecule has 0 aliphatic carbocycles. The molecule has 1 heterocycles. The SMILES string of the molecule is COc1ccc(C(=O)CC2(O)C(=O)N(C(C)C)c3ccccc32)cc1[N+](=O)[O-]. The predicted octanol–water partition coefficient (Wildman–Crippen LogP) is 2.82. The van der Waals surface area contributed by atoms with Crippen LogP contribution >= 0.6 is 0 Å². The number of nitro groups is 1. The number of methoxy groups -OCH3 is 1. The summed E-state index contributed by atoms with van der Waals surface area (Å²) in [5.41, 5.74) is -1.45. The first kappa shape index (κ1) is 19.5. The second-order valence-corrected chi connectivity index (χ2v) is 6.89. The average Bonchev–Trinajstić information content (AvgIpc) is 2.88. The number of amides is 1. The van der Waals surface area contributed by atoms with Crippen LogP contribution in [0, 0.1) is 10.1 Å². The van der Waals surface area contributed by atoms with Crippen molar-refractivity contribution in [2.75, 3.05) is 12.0 Å². The minimum absolute atomic E-state index is 0.0218. The number of hydrogen-bond donors (Lipinski definition) is 1. The lowest BCUT2D eigenvalue weighted by atomic mass is 9.88. The van der Waals surface area contributed by atoms with Gasteiger partial charge >= 0.3 is 5.69 Å². The van der Waals surface area contributed by atoms with Gasteiger partial charge in [0, 0.05) is 23.2 Å². The van der Waals surface area contributed by atoms with Crippen molar-refractivity contribution >= 4 is 23.1 Å². The first-order chi connectivity index (χ1) is 13.2. The van der Waals surface area contributed by atoms with Gasteiger partial charge in [0.2, 0.25) is 0 Å². The molecule has 0 radical (unpaired) electrons. The van der Waals surface area contributed by atoms with E-state index < -0.39 is 28.6 Å². The van der Waals surface area contributed by atoms with Gasteiger partial charge < -0.3 is 14.7 Å². The number of carbonyl (C=O) groups is 2. The van der Waals surface area contributed by atoms with Crippen LogP contribution in [-0.2, 0) is 10.4 Å². The van der Waals surface area contributed by atoms with Gasteiger partial charge in [0.25, 0.3) is 5.91 Å². The lowest BCUT2D eigenvalue weighted by Crippen LogP contribution is -2.44. The fraction of sp³-hybridized carbons (Fsp3) is 0.300. The number of aliphatic hydroxyl groups is 1. The van der Waals surface area contributed by atoms with Crippen molar-refractivity contribution in [3.05, 3.63) is 63.7 Å². The van der Waals surface area contributed by atoms with Crippen molar-refractivity contribution in [2.24, 2.45) is 0 Å². The van der Waals surface area contributed by atoms with E-state index in [1.807, 2.05) is 13.8 Å². The van der Waals surface area contributed by atoms with Gasteiger partial charge in [0.05, 0.1) is 24.1 Å². The summed E-state index contributed by atoms with van der Waals surface area (Å²) in [5, 5.41) is 22.4. The summed E-state index contributed by atoms with van der Waals surface area (Å²) in [6.07, 6.45) is -0.518. The molecular formula is C20H20N2O6. The number of anilines is 1. The number of benzene rings is 2. The molecule has 8 nitrogen and oxygen atoms in total. The molecular weight excluding hydrogens is 364 g/mol. The van der Waals surface area contributed by atoms with Crippen LogP contribution in [0.25, 0.3) is 0 Å². The van der Waals surface area contributed by atoms with Crippen molar-refractivity contribution in [1.82, 2.24) is 0 Å². The highest BCUT2D eigenvalue weighted by atomic mass is 16.6. The number of rotatable bonds is 6. The van der Waals surface area contributed by atoms with Gasteiger partial charge in [-0.2, -0.15) is 0 Å². The van der Waals surface area contributed by atoms with E-state index >= 15 is 0 Å². The molecule has 28 heavy (non-hydrogen) atoms. The fourth-order valence-corrected chi connectivity index (χ4v) is 3.48. The first-order valence-corrected chi connectivity index (χ1v) is 8.72. The number of Topliss-reactive ketones (excluding diaryl/α,β-unsaturated/α-hetero) is 1. The normalized spacial score (nSPS) is 18.3. The van der Waals surface area contributed by atoms with Crippen LogP contribution in [0.5, 0.6) is 5.75 Å². The van der Waals surface area contributed by atoms with Gasteiger partial charge in [-0.15, -0.1) is 0 Å². The summed E-state index contributed by atoms with van der Waals surface area (Å²) in [6.45, 7) is 3.63. The topological polar surface area (TPSA) is 110 Å². The summed E-state index contributed by atoms with van der Waals surface area (Å²) in [4.78, 5) is 37.8. The summed E-state index contributed by atoms with van der Waals surface area (Å²) in [6, 6.07) is 10.3. The monoisotopic (exact) mass is 384 g/mol. The molecule has 0 fully saturated rings. The van der Waals surface area contributed by atoms with Crippen LogP contribution in [0.3, 0.4) is 0 Å². The van der Waals surface area contributed by atoms with E-state index in [1.165, 1.54) is 24.1 Å². The van der Waals surface area contributed by atoms with E-state index in [0.29, 0.717) is 11.3 Å². The Labute approximate surface area is 161 Å². The molecule has 2 aromatic carbocycles. The highest BCUT2D eigenvalue weighted by Gasteiger charge is 2.51. The smallest absolute Gasteiger partial charge is 0.311 e. The van der Waals surface area contributed by atoms with Gasteiger partial charge in [-0.05, 0) is 32.0 Å². The van der Waals surface area contributed by atoms with E-state index in [-0.39, 0.29) is 23.0 Å². The molecule has 1 aliphatic heterocycles. The van der Waals surface area contributed by atoms with Crippen molar-refractivity contribution in [3.8, 4) is 5.75 Å². The maximum absolute atomic E-state index is 13.0. The van der Waals surface area contributed by atoms with Crippen molar-refractivity contribution < 1.29 is 24.4 Å². The predicted molar refractivity (Wildman–Crippen MR) is 102 cm³/mol. The molecule has 0 spiro atoms. The van der Waals surface area contributed by atoms with Crippen LogP contribution < -0.4 is 9.64 Å². The zero-order valence-electron chi connectivity index (χ0n) is 15.7. The van der Waals surface area contributed by atoms with Gasteiger partial charge in [0.1, 0.15) is 0 Å². The van der Waals surface area contributed by atoms with Crippen molar-refractivity contribution in [1.29, 1.82) is 0 Å². The fourth-order valence-electron chi connectivity index (χ4n) is 3.48. The lowest BCUT2D eigenvalue weighted by molar-refractivity contribution is -0.385. The van der Waals surface area contributed by atoms with Crippen LogP contribution in [0.2, 0.25) is 0 Å². The molecule has 1 N–H and O–H groups in total. The Kier molecular flexibility index (Phi) is 4.91. The molecule has 0 bridgehead atoms. The third kappa shape index (κ3) is 3.01. The van der Waals surface area contributed by atoms with E-state index in [0.717, 1.165) is 6.07 Å². The third-order valence-electron chi connectivity index (χ3n) is 4.81. The Morgan fingerprint density at radius 3 is 2.57 bits per heavy atom. The Bertz CT molecular complexity index is 971.